The Bertz CT molecular complexity index is 1980. The van der Waals surface area contributed by atoms with Gasteiger partial charge in [-0.3, -0.25) is 15.1 Å². The largest absolute Gasteiger partial charge is 0.369 e. The molecule has 0 aliphatic carbocycles. The second-order valence-corrected chi connectivity index (χ2v) is 9.40. The smallest absolute Gasteiger partial charge is 0.150 e. The van der Waals surface area contributed by atoms with E-state index in [2.05, 4.69) is 30.5 Å². The molecule has 194 valence electrons. The van der Waals surface area contributed by atoms with Crippen molar-refractivity contribution in [2.75, 3.05) is 5.32 Å². The highest BCUT2D eigenvalue weighted by atomic mass is 19.1. The minimum Gasteiger partial charge on any atom is -0.369 e. The molecule has 0 radical (unpaired) electrons. The molecule has 0 bridgehead atoms. The number of pyridine rings is 3. The highest BCUT2D eigenvalue weighted by Gasteiger charge is 2.16. The zero-order valence-electron chi connectivity index (χ0n) is 21.0. The lowest BCUT2D eigenvalue weighted by atomic mass is 10.1. The Morgan fingerprint density at radius 2 is 1.73 bits per heavy atom. The standard InChI is InChI=1S/C31H22FN7O/c32-21-8-4-7-19(13-21)28-23-15-27(36-25(23)11-12-34-28)30-29-26(38-39-30)10-9-24(37-29)20-14-22(17-33-16-20)35-31(40)18-5-2-1-3-6-18/h1-17,31,35-36,40H,(H,38,39). The molecule has 0 saturated heterocycles. The number of anilines is 1. The maximum Gasteiger partial charge on any atom is 0.150 e. The number of aromatic nitrogens is 6. The van der Waals surface area contributed by atoms with Crippen LogP contribution in [-0.2, 0) is 0 Å². The van der Waals surface area contributed by atoms with Crippen molar-refractivity contribution in [3.63, 3.8) is 0 Å². The Labute approximate surface area is 227 Å². The molecule has 1 unspecified atom stereocenters. The van der Waals surface area contributed by atoms with Crippen molar-refractivity contribution in [2.45, 2.75) is 6.23 Å². The zero-order chi connectivity index (χ0) is 27.1. The molecule has 5 heterocycles. The molecule has 0 fully saturated rings. The number of fused-ring (bicyclic) bond motifs is 2. The van der Waals surface area contributed by atoms with Crippen molar-refractivity contribution in [2.24, 2.45) is 0 Å². The van der Waals surface area contributed by atoms with Gasteiger partial charge in [-0.25, -0.2) is 9.37 Å². The monoisotopic (exact) mass is 527 g/mol. The molecule has 2 aromatic carbocycles. The van der Waals surface area contributed by atoms with Crippen LogP contribution in [0.15, 0.2) is 104 Å². The van der Waals surface area contributed by atoms with Crippen LogP contribution in [0.5, 0.6) is 0 Å². The van der Waals surface area contributed by atoms with Crippen LogP contribution in [0.2, 0.25) is 0 Å². The first kappa shape index (κ1) is 23.7. The Hall–Kier alpha value is -5.41. The fourth-order valence-electron chi connectivity index (χ4n) is 4.83. The Kier molecular flexibility index (Phi) is 5.76. The van der Waals surface area contributed by atoms with E-state index in [1.54, 1.807) is 24.7 Å². The lowest BCUT2D eigenvalue weighted by molar-refractivity contribution is 0.208. The highest BCUT2D eigenvalue weighted by Crippen LogP contribution is 2.33. The van der Waals surface area contributed by atoms with Crippen LogP contribution in [0.25, 0.3) is 55.8 Å². The normalized spacial score (nSPS) is 12.2. The van der Waals surface area contributed by atoms with Gasteiger partial charge in [0.1, 0.15) is 17.0 Å². The van der Waals surface area contributed by atoms with Gasteiger partial charge in [-0.05, 0) is 42.5 Å². The summed E-state index contributed by atoms with van der Waals surface area (Å²) < 4.78 is 13.9. The third-order valence-electron chi connectivity index (χ3n) is 6.76. The second-order valence-electron chi connectivity index (χ2n) is 9.40. The average Bonchev–Trinajstić information content (AvgIpc) is 3.61. The number of aliphatic hydroxyl groups is 1. The lowest BCUT2D eigenvalue weighted by Crippen LogP contribution is -2.09. The molecule has 0 spiro atoms. The minimum atomic E-state index is -0.872. The topological polar surface area (TPSA) is 115 Å². The number of benzene rings is 2. The first-order valence-electron chi connectivity index (χ1n) is 12.7. The number of nitrogens with one attached hydrogen (secondary N) is 3. The SMILES string of the molecule is OC(Nc1cncc(-c2ccc3[nH]nc(-c4cc5c(-c6cccc(F)c6)nccc5[nH]4)c3n2)c1)c1ccccc1. The minimum absolute atomic E-state index is 0.314. The van der Waals surface area contributed by atoms with Gasteiger partial charge < -0.3 is 15.4 Å². The molecule has 4 N–H and O–H groups in total. The molecule has 0 aliphatic heterocycles. The Morgan fingerprint density at radius 3 is 2.60 bits per heavy atom. The van der Waals surface area contributed by atoms with Crippen molar-refractivity contribution in [3.05, 3.63) is 115 Å². The van der Waals surface area contributed by atoms with E-state index in [1.807, 2.05) is 66.7 Å². The van der Waals surface area contributed by atoms with E-state index in [4.69, 9.17) is 4.98 Å². The third-order valence-corrected chi connectivity index (χ3v) is 6.76. The van der Waals surface area contributed by atoms with Crippen molar-refractivity contribution < 1.29 is 9.50 Å². The van der Waals surface area contributed by atoms with Gasteiger partial charge in [-0.1, -0.05) is 42.5 Å². The van der Waals surface area contributed by atoms with Crippen LogP contribution < -0.4 is 5.32 Å². The summed E-state index contributed by atoms with van der Waals surface area (Å²) in [5.41, 5.74) is 8.03. The van der Waals surface area contributed by atoms with Crippen LogP contribution in [0.3, 0.4) is 0 Å². The van der Waals surface area contributed by atoms with Crippen molar-refractivity contribution in [1.29, 1.82) is 0 Å². The predicted molar refractivity (Wildman–Crippen MR) is 153 cm³/mol. The number of hydrogen-bond donors (Lipinski definition) is 4. The predicted octanol–water partition coefficient (Wildman–Crippen LogP) is 6.47. The van der Waals surface area contributed by atoms with Crippen molar-refractivity contribution in [3.8, 4) is 33.9 Å². The van der Waals surface area contributed by atoms with Crippen molar-refractivity contribution >= 4 is 27.6 Å². The Morgan fingerprint density at radius 1 is 0.825 bits per heavy atom. The van der Waals surface area contributed by atoms with Gasteiger partial charge in [0.25, 0.3) is 0 Å². The van der Waals surface area contributed by atoms with Crippen LogP contribution in [0.4, 0.5) is 10.1 Å². The molecule has 0 aliphatic rings. The lowest BCUT2D eigenvalue weighted by Gasteiger charge is -2.14. The number of halogens is 1. The number of aromatic amines is 2. The summed E-state index contributed by atoms with van der Waals surface area (Å²) in [6, 6.07) is 25.3. The van der Waals surface area contributed by atoms with Gasteiger partial charge in [-0.2, -0.15) is 5.10 Å². The molecular formula is C31H22FN7O. The summed E-state index contributed by atoms with van der Waals surface area (Å²) in [6.07, 6.45) is 4.22. The van der Waals surface area contributed by atoms with Gasteiger partial charge in [0.05, 0.1) is 34.5 Å². The van der Waals surface area contributed by atoms with Gasteiger partial charge in [0.15, 0.2) is 6.23 Å². The molecule has 8 nitrogen and oxygen atoms in total. The summed E-state index contributed by atoms with van der Waals surface area (Å²) in [5.74, 6) is -0.314. The zero-order valence-corrected chi connectivity index (χ0v) is 21.0. The maximum absolute atomic E-state index is 13.9. The van der Waals surface area contributed by atoms with E-state index in [-0.39, 0.29) is 5.82 Å². The fraction of sp³-hybridized carbons (Fsp3) is 0.0323. The summed E-state index contributed by atoms with van der Waals surface area (Å²) in [6.45, 7) is 0. The van der Waals surface area contributed by atoms with E-state index < -0.39 is 6.23 Å². The second kappa shape index (κ2) is 9.72. The number of hydrogen-bond acceptors (Lipinski definition) is 6. The summed E-state index contributed by atoms with van der Waals surface area (Å²) in [7, 11) is 0. The molecule has 5 aromatic heterocycles. The van der Waals surface area contributed by atoms with E-state index in [0.29, 0.717) is 33.8 Å². The number of aliphatic hydroxyl groups excluding tert-OH is 1. The first-order valence-corrected chi connectivity index (χ1v) is 12.7. The van der Waals surface area contributed by atoms with E-state index in [0.717, 1.165) is 33.2 Å². The van der Waals surface area contributed by atoms with Gasteiger partial charge >= 0.3 is 0 Å². The molecule has 7 aromatic rings. The van der Waals surface area contributed by atoms with Gasteiger partial charge in [-0.15, -0.1) is 0 Å². The summed E-state index contributed by atoms with van der Waals surface area (Å²) in [5, 5.41) is 22.1. The van der Waals surface area contributed by atoms with Gasteiger partial charge in [0, 0.05) is 40.0 Å². The number of nitrogens with zero attached hydrogens (tertiary/aromatic N) is 4. The average molecular weight is 528 g/mol. The summed E-state index contributed by atoms with van der Waals surface area (Å²) in [4.78, 5) is 17.2. The highest BCUT2D eigenvalue weighted by molar-refractivity contribution is 5.99. The maximum atomic E-state index is 13.9. The Balaban J connectivity index is 1.25. The van der Waals surface area contributed by atoms with Crippen LogP contribution >= 0.6 is 0 Å². The number of H-pyrrole nitrogens is 2. The van der Waals surface area contributed by atoms with E-state index in [9.17, 15) is 9.50 Å². The molecule has 7 rings (SSSR count). The molecule has 0 amide bonds. The molecule has 40 heavy (non-hydrogen) atoms. The van der Waals surface area contributed by atoms with Crippen LogP contribution in [0.1, 0.15) is 11.8 Å². The van der Waals surface area contributed by atoms with E-state index in [1.165, 1.54) is 12.1 Å². The third kappa shape index (κ3) is 4.34. The molecule has 0 saturated carbocycles. The van der Waals surface area contributed by atoms with Crippen LogP contribution in [0, 0.1) is 5.82 Å². The van der Waals surface area contributed by atoms with Crippen LogP contribution in [-0.4, -0.2) is 35.2 Å². The summed E-state index contributed by atoms with van der Waals surface area (Å²) >= 11 is 0. The molecule has 9 heteroatoms. The molecular weight excluding hydrogens is 505 g/mol. The van der Waals surface area contributed by atoms with E-state index >= 15 is 0 Å². The fourth-order valence-corrected chi connectivity index (χ4v) is 4.83. The quantitative estimate of drug-likeness (QED) is 0.184. The number of rotatable bonds is 6. The first-order chi connectivity index (χ1) is 19.6. The molecule has 1 atom stereocenters. The van der Waals surface area contributed by atoms with Gasteiger partial charge in [0.2, 0.25) is 0 Å². The van der Waals surface area contributed by atoms with Crippen molar-refractivity contribution in [1.82, 2.24) is 30.1 Å².